The number of amides is 1. The van der Waals surface area contributed by atoms with Crippen LogP contribution in [-0.2, 0) is 6.42 Å². The third-order valence-corrected chi connectivity index (χ3v) is 4.69. The van der Waals surface area contributed by atoms with Gasteiger partial charge in [-0.25, -0.2) is 0 Å². The Labute approximate surface area is 149 Å². The van der Waals surface area contributed by atoms with Crippen molar-refractivity contribution in [2.75, 3.05) is 25.0 Å². The van der Waals surface area contributed by atoms with Gasteiger partial charge < -0.3 is 10.2 Å². The Morgan fingerprint density at radius 3 is 2.52 bits per heavy atom. The molecule has 126 valence electrons. The summed E-state index contributed by atoms with van der Waals surface area (Å²) in [5.41, 5.74) is 2.14. The van der Waals surface area contributed by atoms with Crippen LogP contribution in [0.1, 0.15) is 35.5 Å². The lowest BCUT2D eigenvalue weighted by atomic mass is 10.1. The molecule has 0 spiro atoms. The second kappa shape index (κ2) is 10.4. The Morgan fingerprint density at radius 1 is 1.13 bits per heavy atom. The lowest BCUT2D eigenvalue weighted by Crippen LogP contribution is -2.24. The first-order valence-electron chi connectivity index (χ1n) is 7.89. The first-order valence-corrected chi connectivity index (χ1v) is 8.77. The number of benzene rings is 1. The Kier molecular flexibility index (Phi) is 8.92. The first-order chi connectivity index (χ1) is 10.7. The van der Waals surface area contributed by atoms with Gasteiger partial charge in [-0.3, -0.25) is 4.79 Å². The van der Waals surface area contributed by atoms with Crippen molar-refractivity contribution in [3.63, 3.8) is 0 Å². The van der Waals surface area contributed by atoms with Gasteiger partial charge >= 0.3 is 0 Å². The van der Waals surface area contributed by atoms with Gasteiger partial charge in [0.05, 0.1) is 4.88 Å². The van der Waals surface area contributed by atoms with Crippen molar-refractivity contribution in [3.8, 4) is 0 Å². The molecule has 1 aromatic heterocycles. The van der Waals surface area contributed by atoms with E-state index in [9.17, 15) is 4.79 Å². The van der Waals surface area contributed by atoms with Crippen molar-refractivity contribution < 1.29 is 4.79 Å². The van der Waals surface area contributed by atoms with Crippen molar-refractivity contribution >= 4 is 35.3 Å². The van der Waals surface area contributed by atoms with E-state index in [4.69, 9.17) is 0 Å². The van der Waals surface area contributed by atoms with Gasteiger partial charge in [-0.05, 0) is 55.6 Å². The van der Waals surface area contributed by atoms with E-state index in [1.54, 1.807) is 0 Å². The van der Waals surface area contributed by atoms with E-state index in [-0.39, 0.29) is 18.3 Å². The minimum Gasteiger partial charge on any atom is -0.321 e. The van der Waals surface area contributed by atoms with Crippen LogP contribution in [0.15, 0.2) is 41.8 Å². The SMILES string of the molecule is CCN(CC)CCCc1ccccc1NC(=O)c1cccs1.Cl. The Morgan fingerprint density at radius 2 is 1.87 bits per heavy atom. The number of para-hydroxylation sites is 1. The molecule has 2 aromatic rings. The average Bonchev–Trinajstić information content (AvgIpc) is 3.07. The second-order valence-corrected chi connectivity index (χ2v) is 6.17. The number of aryl methyl sites for hydroxylation is 1. The summed E-state index contributed by atoms with van der Waals surface area (Å²) < 4.78 is 0. The molecule has 1 heterocycles. The number of thiophene rings is 1. The number of rotatable bonds is 8. The Hall–Kier alpha value is -1.36. The summed E-state index contributed by atoms with van der Waals surface area (Å²) >= 11 is 1.47. The van der Waals surface area contributed by atoms with Gasteiger partial charge in [0, 0.05) is 5.69 Å². The van der Waals surface area contributed by atoms with Crippen LogP contribution in [0.4, 0.5) is 5.69 Å². The molecule has 3 nitrogen and oxygen atoms in total. The maximum Gasteiger partial charge on any atom is 0.265 e. The molecule has 0 saturated heterocycles. The Balaban J connectivity index is 0.00000264. The smallest absolute Gasteiger partial charge is 0.265 e. The zero-order chi connectivity index (χ0) is 15.8. The molecule has 0 aliphatic heterocycles. The van der Waals surface area contributed by atoms with Crippen LogP contribution < -0.4 is 5.32 Å². The van der Waals surface area contributed by atoms with Crippen LogP contribution in [0.2, 0.25) is 0 Å². The quantitative estimate of drug-likeness (QED) is 0.747. The predicted molar refractivity (Wildman–Crippen MR) is 102 cm³/mol. The summed E-state index contributed by atoms with van der Waals surface area (Å²) in [6, 6.07) is 11.8. The highest BCUT2D eigenvalue weighted by molar-refractivity contribution is 7.12. The van der Waals surface area contributed by atoms with Crippen molar-refractivity contribution in [2.24, 2.45) is 0 Å². The molecule has 0 bridgehead atoms. The highest BCUT2D eigenvalue weighted by Gasteiger charge is 2.09. The number of halogens is 1. The molecule has 0 atom stereocenters. The molecule has 0 unspecified atom stereocenters. The number of carbonyl (C=O) groups excluding carboxylic acids is 1. The molecular weight excluding hydrogens is 328 g/mol. The topological polar surface area (TPSA) is 32.3 Å². The third-order valence-electron chi connectivity index (χ3n) is 3.83. The van der Waals surface area contributed by atoms with E-state index < -0.39 is 0 Å². The van der Waals surface area contributed by atoms with Gasteiger partial charge in [-0.15, -0.1) is 23.7 Å². The molecule has 0 aliphatic rings. The fourth-order valence-electron chi connectivity index (χ4n) is 2.48. The predicted octanol–water partition coefficient (Wildman–Crippen LogP) is 4.70. The zero-order valence-electron chi connectivity index (χ0n) is 13.7. The third kappa shape index (κ3) is 5.98. The highest BCUT2D eigenvalue weighted by atomic mass is 35.5. The molecule has 1 aromatic carbocycles. The Bertz CT molecular complexity index is 582. The van der Waals surface area contributed by atoms with E-state index in [0.29, 0.717) is 0 Å². The van der Waals surface area contributed by atoms with Crippen LogP contribution in [0, 0.1) is 0 Å². The van der Waals surface area contributed by atoms with Gasteiger partial charge in [0.2, 0.25) is 0 Å². The maximum atomic E-state index is 12.2. The maximum absolute atomic E-state index is 12.2. The summed E-state index contributed by atoms with van der Waals surface area (Å²) in [7, 11) is 0. The lowest BCUT2D eigenvalue weighted by Gasteiger charge is -2.18. The summed E-state index contributed by atoms with van der Waals surface area (Å²) in [5.74, 6) is -0.0220. The van der Waals surface area contributed by atoms with Crippen LogP contribution in [0.3, 0.4) is 0 Å². The van der Waals surface area contributed by atoms with E-state index in [1.165, 1.54) is 16.9 Å². The number of anilines is 1. The van der Waals surface area contributed by atoms with E-state index in [0.717, 1.165) is 43.0 Å². The standard InChI is InChI=1S/C18H24N2OS.ClH/c1-3-20(4-2)13-7-10-15-9-5-6-11-16(15)19-18(21)17-12-8-14-22-17;/h5-6,8-9,11-12,14H,3-4,7,10,13H2,1-2H3,(H,19,21);1H. The summed E-state index contributed by atoms with van der Waals surface area (Å²) in [5, 5.41) is 4.96. The van der Waals surface area contributed by atoms with Crippen molar-refractivity contribution in [1.29, 1.82) is 0 Å². The number of carbonyl (C=O) groups is 1. The van der Waals surface area contributed by atoms with Gasteiger partial charge in [0.1, 0.15) is 0 Å². The molecule has 1 N–H and O–H groups in total. The molecule has 2 rings (SSSR count). The lowest BCUT2D eigenvalue weighted by molar-refractivity contribution is 0.103. The van der Waals surface area contributed by atoms with Crippen molar-refractivity contribution in [3.05, 3.63) is 52.2 Å². The first kappa shape index (κ1) is 19.7. The van der Waals surface area contributed by atoms with E-state index in [1.807, 2.05) is 35.7 Å². The van der Waals surface area contributed by atoms with Crippen LogP contribution in [-0.4, -0.2) is 30.4 Å². The normalized spacial score (nSPS) is 10.4. The zero-order valence-corrected chi connectivity index (χ0v) is 15.4. The van der Waals surface area contributed by atoms with E-state index in [2.05, 4.69) is 30.1 Å². The van der Waals surface area contributed by atoms with Crippen LogP contribution in [0.25, 0.3) is 0 Å². The summed E-state index contributed by atoms with van der Waals surface area (Å²) in [4.78, 5) is 15.4. The molecule has 23 heavy (non-hydrogen) atoms. The average molecular weight is 353 g/mol. The molecule has 0 saturated carbocycles. The van der Waals surface area contributed by atoms with Crippen LogP contribution in [0.5, 0.6) is 0 Å². The van der Waals surface area contributed by atoms with Gasteiger partial charge in [0.15, 0.2) is 0 Å². The summed E-state index contributed by atoms with van der Waals surface area (Å²) in [6.45, 7) is 7.66. The number of hydrogen-bond acceptors (Lipinski definition) is 3. The highest BCUT2D eigenvalue weighted by Crippen LogP contribution is 2.19. The number of nitrogens with one attached hydrogen (secondary N) is 1. The molecule has 1 amide bonds. The van der Waals surface area contributed by atoms with Crippen molar-refractivity contribution in [1.82, 2.24) is 4.90 Å². The fraction of sp³-hybridized carbons (Fsp3) is 0.389. The van der Waals surface area contributed by atoms with Crippen LogP contribution >= 0.6 is 23.7 Å². The van der Waals surface area contributed by atoms with Gasteiger partial charge in [-0.1, -0.05) is 38.1 Å². The van der Waals surface area contributed by atoms with Gasteiger partial charge in [0.25, 0.3) is 5.91 Å². The minimum atomic E-state index is -0.0220. The monoisotopic (exact) mass is 352 g/mol. The molecule has 0 fully saturated rings. The fourth-order valence-corrected chi connectivity index (χ4v) is 3.10. The largest absolute Gasteiger partial charge is 0.321 e. The van der Waals surface area contributed by atoms with E-state index >= 15 is 0 Å². The summed E-state index contributed by atoms with van der Waals surface area (Å²) in [6.07, 6.45) is 2.09. The minimum absolute atomic E-state index is 0. The van der Waals surface area contributed by atoms with Gasteiger partial charge in [-0.2, -0.15) is 0 Å². The molecule has 0 aliphatic carbocycles. The second-order valence-electron chi connectivity index (χ2n) is 5.22. The molecular formula is C18H25ClN2OS. The molecule has 0 radical (unpaired) electrons. The number of hydrogen-bond donors (Lipinski definition) is 1. The van der Waals surface area contributed by atoms with Crippen molar-refractivity contribution in [2.45, 2.75) is 26.7 Å². The number of nitrogens with zero attached hydrogens (tertiary/aromatic N) is 1. The molecule has 5 heteroatoms.